The zero-order valence-corrected chi connectivity index (χ0v) is 14.9. The van der Waals surface area contributed by atoms with Crippen LogP contribution in [-0.2, 0) is 13.1 Å². The standard InChI is InChI=1S/C19H19ClN4O/c1-13-18(20)14(2)24(23-13)12-16-4-3-5-17(10-16)19(25)22-11-15-6-8-21-9-7-15/h3-10H,11-12H2,1-2H3,(H,22,25). The van der Waals surface area contributed by atoms with Gasteiger partial charge in [-0.15, -0.1) is 0 Å². The number of pyridine rings is 1. The molecule has 2 aromatic heterocycles. The Kier molecular flexibility index (Phi) is 5.14. The fourth-order valence-corrected chi connectivity index (χ4v) is 2.73. The van der Waals surface area contributed by atoms with E-state index in [9.17, 15) is 4.79 Å². The fraction of sp³-hybridized carbons (Fsp3) is 0.211. The lowest BCUT2D eigenvalue weighted by molar-refractivity contribution is 0.0951. The predicted octanol–water partition coefficient (Wildman–Crippen LogP) is 3.53. The molecule has 1 aromatic carbocycles. The van der Waals surface area contributed by atoms with Gasteiger partial charge in [0.2, 0.25) is 0 Å². The second kappa shape index (κ2) is 7.49. The average molecular weight is 355 g/mol. The van der Waals surface area contributed by atoms with E-state index in [-0.39, 0.29) is 5.91 Å². The molecule has 3 aromatic rings. The van der Waals surface area contributed by atoms with E-state index in [1.54, 1.807) is 18.5 Å². The Morgan fingerprint density at radius 3 is 2.60 bits per heavy atom. The summed E-state index contributed by atoms with van der Waals surface area (Å²) < 4.78 is 1.85. The molecule has 0 spiro atoms. The van der Waals surface area contributed by atoms with Crippen LogP contribution in [0.4, 0.5) is 0 Å². The molecular weight excluding hydrogens is 336 g/mol. The van der Waals surface area contributed by atoms with Gasteiger partial charge in [-0.3, -0.25) is 14.5 Å². The summed E-state index contributed by atoms with van der Waals surface area (Å²) in [5.41, 5.74) is 4.37. The molecule has 0 aliphatic carbocycles. The number of hydrogen-bond donors (Lipinski definition) is 1. The summed E-state index contributed by atoms with van der Waals surface area (Å²) in [6.45, 7) is 4.87. The van der Waals surface area contributed by atoms with Crippen LogP contribution in [0.3, 0.4) is 0 Å². The van der Waals surface area contributed by atoms with Crippen molar-refractivity contribution in [3.63, 3.8) is 0 Å². The van der Waals surface area contributed by atoms with Gasteiger partial charge in [-0.1, -0.05) is 23.7 Å². The fourth-order valence-electron chi connectivity index (χ4n) is 2.60. The highest BCUT2D eigenvalue weighted by Crippen LogP contribution is 2.20. The zero-order valence-electron chi connectivity index (χ0n) is 14.2. The number of carbonyl (C=O) groups excluding carboxylic acids is 1. The molecule has 3 rings (SSSR count). The van der Waals surface area contributed by atoms with E-state index in [0.717, 1.165) is 22.5 Å². The monoisotopic (exact) mass is 354 g/mol. The van der Waals surface area contributed by atoms with E-state index in [1.807, 2.05) is 48.9 Å². The Labute approximate surface area is 151 Å². The Balaban J connectivity index is 1.70. The molecule has 25 heavy (non-hydrogen) atoms. The van der Waals surface area contributed by atoms with Crippen molar-refractivity contribution in [1.82, 2.24) is 20.1 Å². The topological polar surface area (TPSA) is 59.8 Å². The molecule has 2 heterocycles. The first-order valence-corrected chi connectivity index (χ1v) is 8.38. The molecule has 0 saturated heterocycles. The molecule has 0 bridgehead atoms. The largest absolute Gasteiger partial charge is 0.348 e. The molecule has 0 radical (unpaired) electrons. The van der Waals surface area contributed by atoms with Crippen molar-refractivity contribution in [2.75, 3.05) is 0 Å². The van der Waals surface area contributed by atoms with Crippen LogP contribution in [0, 0.1) is 13.8 Å². The summed E-state index contributed by atoms with van der Waals surface area (Å²) in [7, 11) is 0. The maximum atomic E-state index is 12.4. The van der Waals surface area contributed by atoms with Crippen LogP contribution < -0.4 is 5.32 Å². The number of aromatic nitrogens is 3. The van der Waals surface area contributed by atoms with E-state index in [1.165, 1.54) is 0 Å². The molecule has 6 heteroatoms. The molecule has 0 unspecified atom stereocenters. The molecule has 0 aliphatic rings. The normalized spacial score (nSPS) is 10.7. The Bertz CT molecular complexity index is 890. The molecule has 0 saturated carbocycles. The van der Waals surface area contributed by atoms with Crippen LogP contribution in [0.1, 0.15) is 32.9 Å². The number of amides is 1. The van der Waals surface area contributed by atoms with Gasteiger partial charge in [-0.25, -0.2) is 0 Å². The van der Waals surface area contributed by atoms with Crippen LogP contribution in [0.15, 0.2) is 48.8 Å². The third kappa shape index (κ3) is 4.06. The van der Waals surface area contributed by atoms with Gasteiger partial charge in [0.15, 0.2) is 0 Å². The maximum Gasteiger partial charge on any atom is 0.251 e. The number of carbonyl (C=O) groups is 1. The first-order valence-electron chi connectivity index (χ1n) is 8.00. The predicted molar refractivity (Wildman–Crippen MR) is 97.7 cm³/mol. The van der Waals surface area contributed by atoms with Crippen molar-refractivity contribution in [3.8, 4) is 0 Å². The number of aryl methyl sites for hydroxylation is 1. The van der Waals surface area contributed by atoms with Gasteiger partial charge >= 0.3 is 0 Å². The van der Waals surface area contributed by atoms with Gasteiger partial charge in [0.25, 0.3) is 5.91 Å². The van der Waals surface area contributed by atoms with Gasteiger partial charge in [0, 0.05) is 24.5 Å². The lowest BCUT2D eigenvalue weighted by Crippen LogP contribution is -2.23. The minimum Gasteiger partial charge on any atom is -0.348 e. The van der Waals surface area contributed by atoms with Crippen molar-refractivity contribution >= 4 is 17.5 Å². The molecule has 5 nitrogen and oxygen atoms in total. The Morgan fingerprint density at radius 2 is 1.92 bits per heavy atom. The van der Waals surface area contributed by atoms with Gasteiger partial charge in [0.05, 0.1) is 23.0 Å². The van der Waals surface area contributed by atoms with Gasteiger partial charge in [0.1, 0.15) is 0 Å². The summed E-state index contributed by atoms with van der Waals surface area (Å²) >= 11 is 6.19. The highest BCUT2D eigenvalue weighted by Gasteiger charge is 2.11. The van der Waals surface area contributed by atoms with Gasteiger partial charge in [-0.05, 0) is 49.2 Å². The van der Waals surface area contributed by atoms with Gasteiger partial charge in [-0.2, -0.15) is 5.10 Å². The third-order valence-electron chi connectivity index (χ3n) is 4.02. The summed E-state index contributed by atoms with van der Waals surface area (Å²) in [5, 5.41) is 8.04. The van der Waals surface area contributed by atoms with Crippen molar-refractivity contribution in [2.45, 2.75) is 26.9 Å². The second-order valence-electron chi connectivity index (χ2n) is 5.88. The van der Waals surface area contributed by atoms with Crippen LogP contribution >= 0.6 is 11.6 Å². The second-order valence-corrected chi connectivity index (χ2v) is 6.26. The van der Waals surface area contributed by atoms with Gasteiger partial charge < -0.3 is 5.32 Å². The molecule has 1 N–H and O–H groups in total. The number of benzene rings is 1. The quantitative estimate of drug-likeness (QED) is 0.762. The molecule has 0 aliphatic heterocycles. The SMILES string of the molecule is Cc1nn(Cc2cccc(C(=O)NCc3ccncc3)c2)c(C)c1Cl. The molecule has 0 fully saturated rings. The summed E-state index contributed by atoms with van der Waals surface area (Å²) in [5.74, 6) is -0.106. The average Bonchev–Trinajstić information content (AvgIpc) is 2.87. The van der Waals surface area contributed by atoms with E-state index in [4.69, 9.17) is 11.6 Å². The minimum atomic E-state index is -0.106. The molecule has 128 valence electrons. The van der Waals surface area contributed by atoms with Crippen molar-refractivity contribution in [2.24, 2.45) is 0 Å². The highest BCUT2D eigenvalue weighted by atomic mass is 35.5. The van der Waals surface area contributed by atoms with Crippen LogP contribution in [0.5, 0.6) is 0 Å². The molecule has 0 atom stereocenters. The van der Waals surface area contributed by atoms with Crippen LogP contribution in [0.2, 0.25) is 5.02 Å². The number of hydrogen-bond acceptors (Lipinski definition) is 3. The summed E-state index contributed by atoms with van der Waals surface area (Å²) in [6.07, 6.45) is 3.42. The van der Waals surface area contributed by atoms with E-state index >= 15 is 0 Å². The summed E-state index contributed by atoms with van der Waals surface area (Å²) in [6, 6.07) is 11.3. The summed E-state index contributed by atoms with van der Waals surface area (Å²) in [4.78, 5) is 16.3. The van der Waals surface area contributed by atoms with Crippen LogP contribution in [-0.4, -0.2) is 20.7 Å². The number of rotatable bonds is 5. The van der Waals surface area contributed by atoms with E-state index < -0.39 is 0 Å². The third-order valence-corrected chi connectivity index (χ3v) is 4.56. The maximum absolute atomic E-state index is 12.4. The lowest BCUT2D eigenvalue weighted by atomic mass is 10.1. The first kappa shape index (κ1) is 17.2. The number of nitrogens with zero attached hydrogens (tertiary/aromatic N) is 3. The Morgan fingerprint density at radius 1 is 1.16 bits per heavy atom. The first-order chi connectivity index (χ1) is 12.0. The number of halogens is 1. The minimum absolute atomic E-state index is 0.106. The lowest BCUT2D eigenvalue weighted by Gasteiger charge is -2.08. The van der Waals surface area contributed by atoms with Crippen molar-refractivity contribution in [3.05, 3.63) is 81.9 Å². The van der Waals surface area contributed by atoms with E-state index in [0.29, 0.717) is 23.7 Å². The van der Waals surface area contributed by atoms with E-state index in [2.05, 4.69) is 15.4 Å². The number of nitrogens with one attached hydrogen (secondary N) is 1. The van der Waals surface area contributed by atoms with Crippen molar-refractivity contribution in [1.29, 1.82) is 0 Å². The molecule has 1 amide bonds. The zero-order chi connectivity index (χ0) is 17.8. The Hall–Kier alpha value is -2.66. The smallest absolute Gasteiger partial charge is 0.251 e. The van der Waals surface area contributed by atoms with Crippen LogP contribution in [0.25, 0.3) is 0 Å². The van der Waals surface area contributed by atoms with Crippen molar-refractivity contribution < 1.29 is 4.79 Å². The molecular formula is C19H19ClN4O. The highest BCUT2D eigenvalue weighted by molar-refractivity contribution is 6.31.